The zero-order chi connectivity index (χ0) is 10.0. The first-order chi connectivity index (χ1) is 6.02. The molecule has 0 aromatic carbocycles. The van der Waals surface area contributed by atoms with Gasteiger partial charge in [-0.05, 0) is 5.92 Å². The molecule has 0 unspecified atom stereocenters. The maximum atomic E-state index is 10.8. The van der Waals surface area contributed by atoms with Gasteiger partial charge in [-0.15, -0.1) is 0 Å². The maximum Gasteiger partial charge on any atom is 0.419 e. The number of imidazole rings is 1. The van der Waals surface area contributed by atoms with Gasteiger partial charge < -0.3 is 5.11 Å². The van der Waals surface area contributed by atoms with E-state index in [1.807, 2.05) is 0 Å². The van der Waals surface area contributed by atoms with Crippen molar-refractivity contribution in [3.05, 3.63) is 18.2 Å². The number of hydrogen-bond acceptors (Lipinski definition) is 1. The molecule has 0 atom stereocenters. The highest BCUT2D eigenvalue weighted by Gasteiger charge is 2.22. The Morgan fingerprint density at radius 2 is 2.31 bits per heavy atom. The molecule has 1 N–H and O–H groups in total. The zero-order valence-electron chi connectivity index (χ0n) is 8.19. The van der Waals surface area contributed by atoms with E-state index in [0.29, 0.717) is 11.7 Å². The molecule has 72 valence electrons. The highest BCUT2D eigenvalue weighted by Crippen LogP contribution is 2.01. The molecule has 4 nitrogen and oxygen atoms in total. The van der Waals surface area contributed by atoms with Crippen LogP contribution in [-0.4, -0.2) is 15.6 Å². The molecule has 0 saturated carbocycles. The van der Waals surface area contributed by atoms with Crippen molar-refractivity contribution >= 4 is 5.97 Å². The van der Waals surface area contributed by atoms with E-state index in [1.165, 1.54) is 0 Å². The second kappa shape index (κ2) is 3.60. The molecule has 1 aromatic rings. The van der Waals surface area contributed by atoms with Gasteiger partial charge in [0.25, 0.3) is 0 Å². The van der Waals surface area contributed by atoms with E-state index in [9.17, 15) is 4.79 Å². The first kappa shape index (κ1) is 9.77. The lowest BCUT2D eigenvalue weighted by Crippen LogP contribution is -2.35. The first-order valence-corrected chi connectivity index (χ1v) is 4.30. The van der Waals surface area contributed by atoms with Gasteiger partial charge in [0.2, 0.25) is 0 Å². The molecule has 4 heteroatoms. The monoisotopic (exact) mass is 183 g/mol. The smallest absolute Gasteiger partial charge is 0.419 e. The highest BCUT2D eigenvalue weighted by atomic mass is 16.4. The third-order valence-corrected chi connectivity index (χ3v) is 1.83. The fourth-order valence-corrected chi connectivity index (χ4v) is 1.34. The van der Waals surface area contributed by atoms with Crippen LogP contribution in [0.1, 0.15) is 24.5 Å². The standard InChI is InChI=1S/C9H14N2O2/c1-7(2)6-11-5-4-10(3)8(11)9(12)13/h4-5,7H,6H2,1-3H3/p+1. The molecule has 13 heavy (non-hydrogen) atoms. The Hall–Kier alpha value is -1.32. The van der Waals surface area contributed by atoms with Crippen molar-refractivity contribution in [2.24, 2.45) is 13.0 Å². The summed E-state index contributed by atoms with van der Waals surface area (Å²) < 4.78 is 3.37. The second-order valence-electron chi connectivity index (χ2n) is 3.58. The SMILES string of the molecule is CC(C)Cn1cc[n+](C)c1C(=O)O. The van der Waals surface area contributed by atoms with Gasteiger partial charge in [0, 0.05) is 0 Å². The normalized spacial score (nSPS) is 10.8. The van der Waals surface area contributed by atoms with Crippen molar-refractivity contribution < 1.29 is 14.5 Å². The minimum absolute atomic E-state index is 0.328. The fraction of sp³-hybridized carbons (Fsp3) is 0.556. The highest BCUT2D eigenvalue weighted by molar-refractivity contribution is 5.81. The fourth-order valence-electron chi connectivity index (χ4n) is 1.34. The number of carboxylic acids is 1. The van der Waals surface area contributed by atoms with E-state index in [0.717, 1.165) is 6.54 Å². The molecule has 0 bridgehead atoms. The average Bonchev–Trinajstić information content (AvgIpc) is 2.30. The van der Waals surface area contributed by atoms with Gasteiger partial charge in [-0.25, -0.2) is 13.9 Å². The van der Waals surface area contributed by atoms with Crippen LogP contribution in [0, 0.1) is 5.92 Å². The molecular formula is C9H15N2O2+. The minimum Gasteiger partial charge on any atom is -0.472 e. The van der Waals surface area contributed by atoms with E-state index < -0.39 is 5.97 Å². The van der Waals surface area contributed by atoms with Crippen molar-refractivity contribution in [3.8, 4) is 0 Å². The van der Waals surface area contributed by atoms with Crippen molar-refractivity contribution in [2.75, 3.05) is 0 Å². The van der Waals surface area contributed by atoms with E-state index in [4.69, 9.17) is 5.11 Å². The summed E-state index contributed by atoms with van der Waals surface area (Å²) in [6, 6.07) is 0. The minimum atomic E-state index is -0.881. The first-order valence-electron chi connectivity index (χ1n) is 4.30. The number of nitrogens with zero attached hydrogens (tertiary/aromatic N) is 2. The summed E-state index contributed by atoms with van der Waals surface area (Å²) in [5, 5.41) is 8.91. The number of rotatable bonds is 3. The van der Waals surface area contributed by atoms with Crippen molar-refractivity contribution in [3.63, 3.8) is 0 Å². The predicted molar refractivity (Wildman–Crippen MR) is 47.4 cm³/mol. The lowest BCUT2D eigenvalue weighted by molar-refractivity contribution is -0.673. The van der Waals surface area contributed by atoms with Gasteiger partial charge in [-0.2, -0.15) is 0 Å². The van der Waals surface area contributed by atoms with Gasteiger partial charge in [-0.1, -0.05) is 13.8 Å². The number of aromatic nitrogens is 2. The number of aryl methyl sites for hydroxylation is 1. The van der Waals surface area contributed by atoms with Gasteiger partial charge in [0.05, 0.1) is 13.6 Å². The molecule has 0 amide bonds. The maximum absolute atomic E-state index is 10.8. The molecule has 0 fully saturated rings. The molecule has 0 radical (unpaired) electrons. The van der Waals surface area contributed by atoms with Gasteiger partial charge in [-0.3, -0.25) is 0 Å². The molecule has 0 aliphatic heterocycles. The van der Waals surface area contributed by atoms with Crippen LogP contribution in [0.4, 0.5) is 0 Å². The summed E-state index contributed by atoms with van der Waals surface area (Å²) >= 11 is 0. The summed E-state index contributed by atoms with van der Waals surface area (Å²) in [6.45, 7) is 4.86. The quantitative estimate of drug-likeness (QED) is 0.700. The summed E-state index contributed by atoms with van der Waals surface area (Å²) in [5.41, 5.74) is 0. The predicted octanol–water partition coefficient (Wildman–Crippen LogP) is 0.667. The topological polar surface area (TPSA) is 46.1 Å². The van der Waals surface area contributed by atoms with Crippen LogP contribution in [0.5, 0.6) is 0 Å². The van der Waals surface area contributed by atoms with Crippen molar-refractivity contribution in [2.45, 2.75) is 20.4 Å². The lowest BCUT2D eigenvalue weighted by Gasteiger charge is -2.01. The Kier molecular flexibility index (Phi) is 2.70. The van der Waals surface area contributed by atoms with E-state index in [1.54, 1.807) is 28.6 Å². The van der Waals surface area contributed by atoms with Crippen LogP contribution in [0.2, 0.25) is 0 Å². The lowest BCUT2D eigenvalue weighted by atomic mass is 10.2. The number of carboxylic acid groups (broad SMARTS) is 1. The Morgan fingerprint density at radius 3 is 2.77 bits per heavy atom. The van der Waals surface area contributed by atoms with Gasteiger partial charge in [0.15, 0.2) is 0 Å². The van der Waals surface area contributed by atoms with Crippen LogP contribution >= 0.6 is 0 Å². The molecule has 1 heterocycles. The van der Waals surface area contributed by atoms with E-state index >= 15 is 0 Å². The van der Waals surface area contributed by atoms with Crippen molar-refractivity contribution in [1.29, 1.82) is 0 Å². The largest absolute Gasteiger partial charge is 0.472 e. The zero-order valence-corrected chi connectivity index (χ0v) is 8.19. The van der Waals surface area contributed by atoms with Crippen LogP contribution in [0.3, 0.4) is 0 Å². The van der Waals surface area contributed by atoms with Crippen LogP contribution in [-0.2, 0) is 13.6 Å². The molecule has 0 spiro atoms. The molecule has 1 aromatic heterocycles. The molecule has 0 aliphatic rings. The van der Waals surface area contributed by atoms with E-state index in [-0.39, 0.29) is 0 Å². The summed E-state index contributed by atoms with van der Waals surface area (Å²) in [4.78, 5) is 10.8. The second-order valence-corrected chi connectivity index (χ2v) is 3.58. The number of hydrogen-bond donors (Lipinski definition) is 1. The molecule has 0 saturated heterocycles. The summed E-state index contributed by atoms with van der Waals surface area (Å²) in [5.74, 6) is -0.104. The number of carbonyl (C=O) groups is 1. The summed E-state index contributed by atoms with van der Waals surface area (Å²) in [6.07, 6.45) is 3.55. The van der Waals surface area contributed by atoms with Gasteiger partial charge >= 0.3 is 11.8 Å². The molecule has 1 rings (SSSR count). The Morgan fingerprint density at radius 1 is 1.69 bits per heavy atom. The third kappa shape index (κ3) is 2.08. The molecule has 0 aliphatic carbocycles. The van der Waals surface area contributed by atoms with Crippen molar-refractivity contribution in [1.82, 2.24) is 4.57 Å². The van der Waals surface area contributed by atoms with Crippen LogP contribution < -0.4 is 4.57 Å². The Labute approximate surface area is 77.4 Å². The average molecular weight is 183 g/mol. The van der Waals surface area contributed by atoms with Crippen LogP contribution in [0.15, 0.2) is 12.4 Å². The Balaban J connectivity index is 3.00. The van der Waals surface area contributed by atoms with E-state index in [2.05, 4.69) is 13.8 Å². The van der Waals surface area contributed by atoms with Crippen LogP contribution in [0.25, 0.3) is 0 Å². The molecular weight excluding hydrogens is 168 g/mol. The Bertz CT molecular complexity index is 315. The third-order valence-electron chi connectivity index (χ3n) is 1.83. The number of aromatic carboxylic acids is 1. The summed E-state index contributed by atoms with van der Waals surface area (Å²) in [7, 11) is 1.74. The van der Waals surface area contributed by atoms with Gasteiger partial charge in [0.1, 0.15) is 12.4 Å².